The predicted octanol–water partition coefficient (Wildman–Crippen LogP) is 3.75. The summed E-state index contributed by atoms with van der Waals surface area (Å²) in [5.74, 6) is 0.392. The first-order chi connectivity index (χ1) is 10.0. The Balaban J connectivity index is 1.80. The van der Waals surface area contributed by atoms with Crippen molar-refractivity contribution >= 4 is 21.6 Å². The molecular weight excluding hydrogens is 337 g/mol. The summed E-state index contributed by atoms with van der Waals surface area (Å²) in [7, 11) is 0. The highest BCUT2D eigenvalue weighted by molar-refractivity contribution is 9.10. The molecule has 0 saturated heterocycles. The minimum absolute atomic E-state index is 0.170. The van der Waals surface area contributed by atoms with Crippen LogP contribution in [0.3, 0.4) is 0 Å². The van der Waals surface area contributed by atoms with E-state index >= 15 is 0 Å². The van der Waals surface area contributed by atoms with Gasteiger partial charge in [0.25, 0.3) is 0 Å². The fourth-order valence-electron chi connectivity index (χ4n) is 1.79. The molecule has 2 N–H and O–H groups in total. The van der Waals surface area contributed by atoms with Crippen molar-refractivity contribution in [1.82, 2.24) is 0 Å². The van der Waals surface area contributed by atoms with E-state index in [0.29, 0.717) is 18.0 Å². The summed E-state index contributed by atoms with van der Waals surface area (Å²) >= 11 is 3.34. The number of anilines is 1. The number of aliphatic hydroxyl groups is 1. The molecule has 0 aliphatic rings. The number of hydrogen-bond acceptors (Lipinski definition) is 3. The van der Waals surface area contributed by atoms with Crippen LogP contribution in [0.2, 0.25) is 0 Å². The molecule has 0 fully saturated rings. The molecule has 0 aliphatic carbocycles. The van der Waals surface area contributed by atoms with Gasteiger partial charge in [0, 0.05) is 16.7 Å². The third-order valence-corrected chi connectivity index (χ3v) is 3.51. The van der Waals surface area contributed by atoms with E-state index in [2.05, 4.69) is 21.2 Å². The van der Waals surface area contributed by atoms with Crippen LogP contribution in [0.1, 0.15) is 5.56 Å². The zero-order valence-corrected chi connectivity index (χ0v) is 13.2. The van der Waals surface area contributed by atoms with Gasteiger partial charge in [0.15, 0.2) is 0 Å². The van der Waals surface area contributed by atoms with Crippen LogP contribution in [0.15, 0.2) is 46.9 Å². The summed E-state index contributed by atoms with van der Waals surface area (Å²) in [6.45, 7) is 2.34. The Labute approximate surface area is 131 Å². The third kappa shape index (κ3) is 5.02. The van der Waals surface area contributed by atoms with Gasteiger partial charge in [-0.05, 0) is 48.9 Å². The van der Waals surface area contributed by atoms with E-state index in [0.717, 1.165) is 10.0 Å². The second-order valence-corrected chi connectivity index (χ2v) is 5.67. The molecule has 2 aromatic rings. The number of aryl methyl sites for hydroxylation is 1. The molecule has 0 bridgehead atoms. The normalized spacial score (nSPS) is 12.0. The lowest BCUT2D eigenvalue weighted by Crippen LogP contribution is -2.26. The van der Waals surface area contributed by atoms with Crippen molar-refractivity contribution in [1.29, 1.82) is 0 Å². The maximum Gasteiger partial charge on any atom is 0.125 e. The monoisotopic (exact) mass is 353 g/mol. The third-order valence-electron chi connectivity index (χ3n) is 2.98. The smallest absolute Gasteiger partial charge is 0.125 e. The molecule has 0 radical (unpaired) electrons. The predicted molar refractivity (Wildman–Crippen MR) is 85.3 cm³/mol. The number of ether oxygens (including phenoxy) is 1. The van der Waals surface area contributed by atoms with E-state index in [-0.39, 0.29) is 12.4 Å². The molecular formula is C16H17BrFNO2. The van der Waals surface area contributed by atoms with Gasteiger partial charge in [0.1, 0.15) is 24.3 Å². The van der Waals surface area contributed by atoms with Crippen LogP contribution in [-0.2, 0) is 0 Å². The van der Waals surface area contributed by atoms with Gasteiger partial charge in [0.2, 0.25) is 0 Å². The molecule has 1 atom stereocenters. The van der Waals surface area contributed by atoms with E-state index < -0.39 is 6.10 Å². The van der Waals surface area contributed by atoms with Crippen LogP contribution in [0.4, 0.5) is 10.1 Å². The first kappa shape index (κ1) is 15.8. The van der Waals surface area contributed by atoms with Gasteiger partial charge in [-0.15, -0.1) is 0 Å². The van der Waals surface area contributed by atoms with Crippen LogP contribution in [0.5, 0.6) is 5.75 Å². The summed E-state index contributed by atoms with van der Waals surface area (Å²) in [4.78, 5) is 0. The van der Waals surface area contributed by atoms with E-state index in [1.165, 1.54) is 12.1 Å². The Morgan fingerprint density at radius 2 is 1.95 bits per heavy atom. The fourth-order valence-corrected chi connectivity index (χ4v) is 2.06. The van der Waals surface area contributed by atoms with E-state index in [4.69, 9.17) is 4.74 Å². The second-order valence-electron chi connectivity index (χ2n) is 4.76. The molecule has 0 aromatic heterocycles. The van der Waals surface area contributed by atoms with Crippen LogP contribution >= 0.6 is 15.9 Å². The number of hydrogen-bond donors (Lipinski definition) is 2. The highest BCUT2D eigenvalue weighted by Gasteiger charge is 2.07. The van der Waals surface area contributed by atoms with Crippen molar-refractivity contribution in [2.24, 2.45) is 0 Å². The van der Waals surface area contributed by atoms with Crippen molar-refractivity contribution in [2.45, 2.75) is 13.0 Å². The molecule has 0 heterocycles. The van der Waals surface area contributed by atoms with E-state index in [1.807, 2.05) is 31.2 Å². The summed E-state index contributed by atoms with van der Waals surface area (Å²) in [6, 6.07) is 11.9. The van der Waals surface area contributed by atoms with Crippen molar-refractivity contribution < 1.29 is 14.2 Å². The van der Waals surface area contributed by atoms with Gasteiger partial charge in [-0.2, -0.15) is 0 Å². The van der Waals surface area contributed by atoms with Gasteiger partial charge in [-0.1, -0.05) is 22.0 Å². The van der Waals surface area contributed by atoms with Crippen LogP contribution in [0.25, 0.3) is 0 Å². The minimum Gasteiger partial charge on any atom is -0.491 e. The van der Waals surface area contributed by atoms with Crippen molar-refractivity contribution in [3.05, 3.63) is 58.3 Å². The number of halogens is 2. The van der Waals surface area contributed by atoms with Gasteiger partial charge in [0.05, 0.1) is 0 Å². The Hall–Kier alpha value is -1.59. The minimum atomic E-state index is -0.684. The van der Waals surface area contributed by atoms with E-state index in [1.54, 1.807) is 6.07 Å². The van der Waals surface area contributed by atoms with Gasteiger partial charge in [-0.25, -0.2) is 4.39 Å². The second kappa shape index (κ2) is 7.43. The van der Waals surface area contributed by atoms with Crippen molar-refractivity contribution in [2.75, 3.05) is 18.5 Å². The summed E-state index contributed by atoms with van der Waals surface area (Å²) < 4.78 is 19.6. The standard InChI is InChI=1S/C16H17BrFNO2/c1-11-2-5-13(18)8-16(11)19-9-14(20)10-21-15-6-3-12(17)4-7-15/h2-8,14,19-20H,9-10H2,1H3. The van der Waals surface area contributed by atoms with Crippen molar-refractivity contribution in [3.63, 3.8) is 0 Å². The average Bonchev–Trinajstić information content (AvgIpc) is 2.47. The summed E-state index contributed by atoms with van der Waals surface area (Å²) in [5, 5.41) is 12.9. The molecule has 5 heteroatoms. The number of rotatable bonds is 6. The Kier molecular flexibility index (Phi) is 5.59. The molecule has 0 spiro atoms. The van der Waals surface area contributed by atoms with Crippen LogP contribution < -0.4 is 10.1 Å². The summed E-state index contributed by atoms with van der Waals surface area (Å²) in [5.41, 5.74) is 1.61. The first-order valence-corrected chi connectivity index (χ1v) is 7.40. The molecule has 0 aliphatic heterocycles. The number of benzene rings is 2. The summed E-state index contributed by atoms with van der Waals surface area (Å²) in [6.07, 6.45) is -0.684. The first-order valence-electron chi connectivity index (χ1n) is 6.61. The van der Waals surface area contributed by atoms with E-state index in [9.17, 15) is 9.50 Å². The van der Waals surface area contributed by atoms with Crippen LogP contribution in [0, 0.1) is 12.7 Å². The van der Waals surface area contributed by atoms with Gasteiger partial charge >= 0.3 is 0 Å². The Morgan fingerprint density at radius 1 is 1.24 bits per heavy atom. The number of aliphatic hydroxyl groups excluding tert-OH is 1. The molecule has 21 heavy (non-hydrogen) atoms. The van der Waals surface area contributed by atoms with Crippen LogP contribution in [-0.4, -0.2) is 24.4 Å². The fraction of sp³-hybridized carbons (Fsp3) is 0.250. The molecule has 112 valence electrons. The molecule has 0 amide bonds. The molecule has 2 aromatic carbocycles. The lowest BCUT2D eigenvalue weighted by Gasteiger charge is -2.15. The molecule has 3 nitrogen and oxygen atoms in total. The van der Waals surface area contributed by atoms with Gasteiger partial charge in [-0.3, -0.25) is 0 Å². The van der Waals surface area contributed by atoms with Crippen molar-refractivity contribution in [3.8, 4) is 5.75 Å². The molecule has 2 rings (SSSR count). The average molecular weight is 354 g/mol. The zero-order valence-electron chi connectivity index (χ0n) is 11.6. The topological polar surface area (TPSA) is 41.5 Å². The SMILES string of the molecule is Cc1ccc(F)cc1NCC(O)COc1ccc(Br)cc1. The maximum atomic E-state index is 13.1. The Morgan fingerprint density at radius 3 is 2.67 bits per heavy atom. The van der Waals surface area contributed by atoms with Gasteiger partial charge < -0.3 is 15.2 Å². The number of nitrogens with one attached hydrogen (secondary N) is 1. The molecule has 1 unspecified atom stereocenters. The highest BCUT2D eigenvalue weighted by atomic mass is 79.9. The molecule has 0 saturated carbocycles. The zero-order chi connectivity index (χ0) is 15.2. The quantitative estimate of drug-likeness (QED) is 0.830. The lowest BCUT2D eigenvalue weighted by molar-refractivity contribution is 0.117. The lowest BCUT2D eigenvalue weighted by atomic mass is 10.2. The maximum absolute atomic E-state index is 13.1. The largest absolute Gasteiger partial charge is 0.491 e. The Bertz CT molecular complexity index is 589. The highest BCUT2D eigenvalue weighted by Crippen LogP contribution is 2.17.